The average molecular weight is 358 g/mol. The third-order valence-corrected chi connectivity index (χ3v) is 4.09. The molecule has 0 aliphatic carbocycles. The molecule has 0 radical (unpaired) electrons. The highest BCUT2D eigenvalue weighted by Crippen LogP contribution is 2.24. The van der Waals surface area contributed by atoms with E-state index in [9.17, 15) is 17.1 Å². The Hall–Kier alpha value is -1.73. The highest BCUT2D eigenvalue weighted by atomic mass is 79.9. The summed E-state index contributed by atoms with van der Waals surface area (Å²) in [6, 6.07) is 11.9. The van der Waals surface area contributed by atoms with Crippen molar-refractivity contribution in [2.75, 3.05) is 5.32 Å². The molecule has 1 N–H and O–H groups in total. The van der Waals surface area contributed by atoms with Crippen LogP contribution in [0, 0.1) is 0 Å². The lowest BCUT2D eigenvalue weighted by Gasteiger charge is -2.09. The molecule has 0 heterocycles. The van der Waals surface area contributed by atoms with Gasteiger partial charge in [0.1, 0.15) is 4.90 Å². The van der Waals surface area contributed by atoms with Gasteiger partial charge in [-0.3, -0.25) is 4.79 Å². The van der Waals surface area contributed by atoms with E-state index in [2.05, 4.69) is 21.2 Å². The Morgan fingerprint density at radius 3 is 2.30 bits per heavy atom. The number of hydrogen-bond donors (Lipinski definition) is 1. The maximum Gasteiger partial charge on any atom is 0.334 e. The molecule has 0 aliphatic heterocycles. The molecule has 7 heteroatoms. The Morgan fingerprint density at radius 2 is 1.65 bits per heavy atom. The molecule has 2 aromatic rings. The fourth-order valence-electron chi connectivity index (χ4n) is 1.62. The third kappa shape index (κ3) is 3.23. The van der Waals surface area contributed by atoms with E-state index in [0.717, 1.165) is 6.07 Å². The molecule has 4 nitrogen and oxygen atoms in total. The van der Waals surface area contributed by atoms with Crippen LogP contribution in [-0.2, 0) is 10.2 Å². The van der Waals surface area contributed by atoms with Gasteiger partial charge in [0.15, 0.2) is 0 Å². The molecule has 1 amide bonds. The van der Waals surface area contributed by atoms with Crippen molar-refractivity contribution in [3.05, 3.63) is 58.6 Å². The van der Waals surface area contributed by atoms with Gasteiger partial charge in [-0.25, -0.2) is 0 Å². The first-order valence-corrected chi connectivity index (χ1v) is 7.67. The van der Waals surface area contributed by atoms with Gasteiger partial charge in [0, 0.05) is 4.47 Å². The van der Waals surface area contributed by atoms with Crippen LogP contribution < -0.4 is 5.32 Å². The average Bonchev–Trinajstić information content (AvgIpc) is 2.38. The second-order valence-corrected chi connectivity index (χ2v) is 6.04. The van der Waals surface area contributed by atoms with Gasteiger partial charge in [0.25, 0.3) is 5.91 Å². The number of hydrogen-bond acceptors (Lipinski definition) is 3. The molecule has 0 aliphatic rings. The number of carbonyl (C=O) groups excluding carboxylic acids is 1. The number of carbonyl (C=O) groups is 1. The highest BCUT2D eigenvalue weighted by molar-refractivity contribution is 9.10. The number of nitrogens with one attached hydrogen (secondary N) is 1. The van der Waals surface area contributed by atoms with Crippen LogP contribution in [0.3, 0.4) is 0 Å². The summed E-state index contributed by atoms with van der Waals surface area (Å²) >= 11 is 3.22. The second kappa shape index (κ2) is 5.72. The zero-order valence-electron chi connectivity index (χ0n) is 10.0. The molecule has 0 saturated heterocycles. The predicted molar refractivity (Wildman–Crippen MR) is 76.8 cm³/mol. The van der Waals surface area contributed by atoms with Crippen LogP contribution in [0.25, 0.3) is 0 Å². The van der Waals surface area contributed by atoms with Crippen LogP contribution >= 0.6 is 15.9 Å². The van der Waals surface area contributed by atoms with E-state index in [1.54, 1.807) is 24.3 Å². The van der Waals surface area contributed by atoms with E-state index in [1.807, 2.05) is 0 Å². The minimum absolute atomic E-state index is 0.101. The maximum atomic E-state index is 13.1. The van der Waals surface area contributed by atoms with Gasteiger partial charge in [-0.1, -0.05) is 24.3 Å². The van der Waals surface area contributed by atoms with Gasteiger partial charge >= 0.3 is 10.2 Å². The van der Waals surface area contributed by atoms with Gasteiger partial charge in [-0.2, -0.15) is 8.42 Å². The number of amides is 1. The molecule has 104 valence electrons. The van der Waals surface area contributed by atoms with Crippen LogP contribution in [-0.4, -0.2) is 14.3 Å². The highest BCUT2D eigenvalue weighted by Gasteiger charge is 2.19. The van der Waals surface area contributed by atoms with Crippen molar-refractivity contribution in [1.29, 1.82) is 0 Å². The fraction of sp³-hybridized carbons (Fsp3) is 0. The standard InChI is InChI=1S/C13H9BrFNO3S/c14-10-6-2-1-5-9(10)13(17)16-11-7-3-4-8-12(11)20(15,18)19/h1-8H,(H,16,17). The summed E-state index contributed by atoms with van der Waals surface area (Å²) in [7, 11) is -4.90. The van der Waals surface area contributed by atoms with Crippen LogP contribution in [0.5, 0.6) is 0 Å². The number of para-hydroxylation sites is 1. The summed E-state index contributed by atoms with van der Waals surface area (Å²) in [6.45, 7) is 0. The minimum atomic E-state index is -4.90. The van der Waals surface area contributed by atoms with E-state index >= 15 is 0 Å². The molecule has 0 saturated carbocycles. The lowest BCUT2D eigenvalue weighted by Crippen LogP contribution is -2.14. The zero-order chi connectivity index (χ0) is 14.8. The molecule has 0 unspecified atom stereocenters. The van der Waals surface area contributed by atoms with E-state index in [1.165, 1.54) is 18.2 Å². The summed E-state index contributed by atoms with van der Waals surface area (Å²) < 4.78 is 35.7. The van der Waals surface area contributed by atoms with Gasteiger partial charge in [0.05, 0.1) is 11.3 Å². The molecule has 0 fully saturated rings. The summed E-state index contributed by atoms with van der Waals surface area (Å²) in [6.07, 6.45) is 0. The van der Waals surface area contributed by atoms with E-state index < -0.39 is 21.0 Å². The molecule has 0 aromatic heterocycles. The van der Waals surface area contributed by atoms with Crippen LogP contribution in [0.2, 0.25) is 0 Å². The Morgan fingerprint density at radius 1 is 1.05 bits per heavy atom. The van der Waals surface area contributed by atoms with Crippen molar-refractivity contribution < 1.29 is 17.1 Å². The molecule has 0 atom stereocenters. The first-order valence-electron chi connectivity index (χ1n) is 5.49. The van der Waals surface area contributed by atoms with Gasteiger partial charge in [0.2, 0.25) is 0 Å². The number of benzene rings is 2. The summed E-state index contributed by atoms with van der Waals surface area (Å²) in [5, 5.41) is 2.39. The van der Waals surface area contributed by atoms with Gasteiger partial charge in [-0.15, -0.1) is 3.89 Å². The quantitative estimate of drug-likeness (QED) is 0.856. The number of anilines is 1. The topological polar surface area (TPSA) is 63.2 Å². The van der Waals surface area contributed by atoms with E-state index in [0.29, 0.717) is 10.0 Å². The van der Waals surface area contributed by atoms with Gasteiger partial charge in [-0.05, 0) is 40.2 Å². The van der Waals surface area contributed by atoms with Crippen molar-refractivity contribution in [2.24, 2.45) is 0 Å². The Labute approximate surface area is 124 Å². The smallest absolute Gasteiger partial charge is 0.321 e. The van der Waals surface area contributed by atoms with Crippen LogP contribution in [0.1, 0.15) is 10.4 Å². The molecular weight excluding hydrogens is 349 g/mol. The first-order chi connectivity index (χ1) is 9.39. The number of halogens is 2. The largest absolute Gasteiger partial charge is 0.334 e. The summed E-state index contributed by atoms with van der Waals surface area (Å²) in [4.78, 5) is 11.5. The Balaban J connectivity index is 2.37. The van der Waals surface area contributed by atoms with Gasteiger partial charge < -0.3 is 5.32 Å². The summed E-state index contributed by atoms with van der Waals surface area (Å²) in [5.41, 5.74) is 0.217. The van der Waals surface area contributed by atoms with E-state index in [-0.39, 0.29) is 5.69 Å². The molecule has 20 heavy (non-hydrogen) atoms. The lowest BCUT2D eigenvalue weighted by atomic mass is 10.2. The molecule has 2 aromatic carbocycles. The van der Waals surface area contributed by atoms with Crippen molar-refractivity contribution in [3.63, 3.8) is 0 Å². The molecule has 2 rings (SSSR count). The Kier molecular flexibility index (Phi) is 4.20. The fourth-order valence-corrected chi connectivity index (χ4v) is 2.71. The first kappa shape index (κ1) is 14.7. The third-order valence-electron chi connectivity index (χ3n) is 2.52. The maximum absolute atomic E-state index is 13.1. The molecule has 0 bridgehead atoms. The SMILES string of the molecule is O=C(Nc1ccccc1S(=O)(=O)F)c1ccccc1Br. The minimum Gasteiger partial charge on any atom is -0.321 e. The lowest BCUT2D eigenvalue weighted by molar-refractivity contribution is 0.102. The van der Waals surface area contributed by atoms with Crippen molar-refractivity contribution in [1.82, 2.24) is 0 Å². The van der Waals surface area contributed by atoms with Crippen molar-refractivity contribution in [3.8, 4) is 0 Å². The number of rotatable bonds is 3. The monoisotopic (exact) mass is 357 g/mol. The van der Waals surface area contributed by atoms with Crippen molar-refractivity contribution in [2.45, 2.75) is 4.90 Å². The second-order valence-electron chi connectivity index (χ2n) is 3.87. The molecular formula is C13H9BrFNO3S. The van der Waals surface area contributed by atoms with Crippen LogP contribution in [0.15, 0.2) is 57.9 Å². The predicted octanol–water partition coefficient (Wildman–Crippen LogP) is 3.36. The van der Waals surface area contributed by atoms with Crippen molar-refractivity contribution >= 4 is 37.7 Å². The Bertz CT molecular complexity index is 762. The normalized spacial score (nSPS) is 11.1. The zero-order valence-corrected chi connectivity index (χ0v) is 12.4. The summed E-state index contributed by atoms with van der Waals surface area (Å²) in [5.74, 6) is -0.534. The van der Waals surface area contributed by atoms with E-state index in [4.69, 9.17) is 0 Å². The molecule has 0 spiro atoms. The van der Waals surface area contributed by atoms with Crippen LogP contribution in [0.4, 0.5) is 9.57 Å².